The molecular weight excluding hydrogens is 406 g/mol. The van der Waals surface area contributed by atoms with E-state index in [0.29, 0.717) is 32.9 Å². The van der Waals surface area contributed by atoms with Gasteiger partial charge >= 0.3 is 0 Å². The molecule has 31 heavy (non-hydrogen) atoms. The van der Waals surface area contributed by atoms with Crippen LogP contribution >= 0.6 is 11.8 Å². The Balaban J connectivity index is 1.77. The Morgan fingerprint density at radius 3 is 2.55 bits per heavy atom. The molecule has 4 aromatic rings. The summed E-state index contributed by atoms with van der Waals surface area (Å²) in [6, 6.07) is 21.8. The maximum Gasteiger partial charge on any atom is 0.266 e. The van der Waals surface area contributed by atoms with Crippen LogP contribution in [0.3, 0.4) is 0 Å². The molecule has 0 spiro atoms. The molecule has 0 saturated heterocycles. The van der Waals surface area contributed by atoms with Crippen LogP contribution in [0.4, 0.5) is 0 Å². The highest BCUT2D eigenvalue weighted by Gasteiger charge is 2.16. The molecule has 0 aliphatic rings. The number of ketones is 1. The second kappa shape index (κ2) is 8.58. The molecule has 0 radical (unpaired) electrons. The van der Waals surface area contributed by atoms with E-state index in [1.165, 1.54) is 16.3 Å². The first kappa shape index (κ1) is 20.6. The van der Waals surface area contributed by atoms with Crippen molar-refractivity contribution in [2.24, 2.45) is 0 Å². The Bertz CT molecular complexity index is 1400. The van der Waals surface area contributed by atoms with Gasteiger partial charge in [-0.2, -0.15) is 5.26 Å². The first-order valence-electron chi connectivity index (χ1n) is 9.73. The van der Waals surface area contributed by atoms with Gasteiger partial charge in [-0.05, 0) is 61.9 Å². The average molecular weight is 426 g/mol. The monoisotopic (exact) mass is 425 g/mol. The molecule has 0 N–H and O–H groups in total. The lowest BCUT2D eigenvalue weighted by molar-refractivity contribution is 0.102. The number of hydrogen-bond acceptors (Lipinski definition) is 5. The molecule has 0 fully saturated rings. The van der Waals surface area contributed by atoms with Gasteiger partial charge in [0.1, 0.15) is 0 Å². The summed E-state index contributed by atoms with van der Waals surface area (Å²) in [6.45, 7) is 3.87. The lowest BCUT2D eigenvalue weighted by Crippen LogP contribution is -2.22. The van der Waals surface area contributed by atoms with Crippen LogP contribution in [-0.2, 0) is 0 Å². The standard InChI is InChI=1S/C25H19N3O2S/c1-16-7-8-17(2)21(13-16)23(29)15-31-25-27-22-6-4-3-5-20(22)24(30)28(25)19-11-9-18(14-26)10-12-19/h3-13H,15H2,1-2H3. The number of thioether (sulfide) groups is 1. The van der Waals surface area contributed by atoms with Crippen LogP contribution in [0.25, 0.3) is 16.6 Å². The van der Waals surface area contributed by atoms with Crippen molar-refractivity contribution in [3.63, 3.8) is 0 Å². The topological polar surface area (TPSA) is 75.8 Å². The summed E-state index contributed by atoms with van der Waals surface area (Å²) < 4.78 is 1.50. The van der Waals surface area contributed by atoms with Crippen LogP contribution < -0.4 is 5.56 Å². The summed E-state index contributed by atoms with van der Waals surface area (Å²) in [5.41, 5.74) is 4.11. The number of Topliss-reactive ketones (excluding diaryl/α,β-unsaturated/α-hetero) is 1. The minimum absolute atomic E-state index is 0.0139. The first-order chi connectivity index (χ1) is 15.0. The predicted molar refractivity (Wildman–Crippen MR) is 123 cm³/mol. The molecule has 0 saturated carbocycles. The molecule has 0 aliphatic carbocycles. The molecule has 3 aromatic carbocycles. The summed E-state index contributed by atoms with van der Waals surface area (Å²) in [5.74, 6) is 0.144. The number of aryl methyl sites for hydroxylation is 2. The number of hydrogen-bond donors (Lipinski definition) is 0. The number of fused-ring (bicyclic) bond motifs is 1. The molecule has 152 valence electrons. The van der Waals surface area contributed by atoms with E-state index in [1.54, 1.807) is 42.5 Å². The van der Waals surface area contributed by atoms with Gasteiger partial charge in [-0.15, -0.1) is 0 Å². The van der Waals surface area contributed by atoms with Crippen LogP contribution in [0, 0.1) is 25.2 Å². The van der Waals surface area contributed by atoms with E-state index in [1.807, 2.05) is 38.1 Å². The van der Waals surface area contributed by atoms with Gasteiger partial charge in [0.15, 0.2) is 10.9 Å². The van der Waals surface area contributed by atoms with Gasteiger partial charge in [0.25, 0.3) is 5.56 Å². The smallest absolute Gasteiger partial charge is 0.266 e. The minimum atomic E-state index is -0.211. The molecule has 5 nitrogen and oxygen atoms in total. The SMILES string of the molecule is Cc1ccc(C)c(C(=O)CSc2nc3ccccc3c(=O)n2-c2ccc(C#N)cc2)c1. The zero-order valence-corrected chi connectivity index (χ0v) is 17.9. The molecule has 1 aromatic heterocycles. The van der Waals surface area contributed by atoms with Crippen LogP contribution in [0.1, 0.15) is 27.0 Å². The third kappa shape index (κ3) is 4.14. The summed E-state index contributed by atoms with van der Waals surface area (Å²) in [5, 5.41) is 10.0. The van der Waals surface area contributed by atoms with Gasteiger partial charge in [-0.3, -0.25) is 14.2 Å². The van der Waals surface area contributed by atoms with E-state index < -0.39 is 0 Å². The quantitative estimate of drug-likeness (QED) is 0.260. The Morgan fingerprint density at radius 2 is 1.81 bits per heavy atom. The van der Waals surface area contributed by atoms with Gasteiger partial charge in [-0.25, -0.2) is 4.98 Å². The summed E-state index contributed by atoms with van der Waals surface area (Å²) in [7, 11) is 0. The van der Waals surface area contributed by atoms with E-state index in [2.05, 4.69) is 11.1 Å². The van der Waals surface area contributed by atoms with Crippen molar-refractivity contribution < 1.29 is 4.79 Å². The van der Waals surface area contributed by atoms with E-state index >= 15 is 0 Å². The largest absolute Gasteiger partial charge is 0.293 e. The molecule has 0 atom stereocenters. The van der Waals surface area contributed by atoms with E-state index in [0.717, 1.165) is 11.1 Å². The minimum Gasteiger partial charge on any atom is -0.293 e. The number of aromatic nitrogens is 2. The van der Waals surface area contributed by atoms with E-state index in [9.17, 15) is 9.59 Å². The fourth-order valence-corrected chi connectivity index (χ4v) is 4.26. The zero-order valence-electron chi connectivity index (χ0n) is 17.1. The second-order valence-electron chi connectivity index (χ2n) is 7.24. The molecule has 0 aliphatic heterocycles. The Hall–Kier alpha value is -3.69. The van der Waals surface area contributed by atoms with Crippen molar-refractivity contribution >= 4 is 28.4 Å². The highest BCUT2D eigenvalue weighted by Crippen LogP contribution is 2.23. The van der Waals surface area contributed by atoms with Crippen LogP contribution in [-0.4, -0.2) is 21.1 Å². The average Bonchev–Trinajstić information content (AvgIpc) is 2.79. The molecule has 0 unspecified atom stereocenters. The molecule has 0 bridgehead atoms. The normalized spacial score (nSPS) is 10.7. The summed E-state index contributed by atoms with van der Waals surface area (Å²) in [6.07, 6.45) is 0. The van der Waals surface area contributed by atoms with Crippen molar-refractivity contribution in [2.45, 2.75) is 19.0 Å². The maximum absolute atomic E-state index is 13.3. The number of nitrogens with zero attached hydrogens (tertiary/aromatic N) is 3. The maximum atomic E-state index is 13.3. The molecule has 1 heterocycles. The van der Waals surface area contributed by atoms with Crippen molar-refractivity contribution in [3.8, 4) is 11.8 Å². The Morgan fingerprint density at radius 1 is 1.06 bits per heavy atom. The van der Waals surface area contributed by atoms with Gasteiger partial charge in [0.05, 0.1) is 34.0 Å². The Kier molecular flexibility index (Phi) is 5.70. The van der Waals surface area contributed by atoms with Crippen molar-refractivity contribution in [3.05, 3.63) is 99.3 Å². The number of carbonyl (C=O) groups is 1. The third-order valence-electron chi connectivity index (χ3n) is 5.03. The molecule has 6 heteroatoms. The third-order valence-corrected chi connectivity index (χ3v) is 5.96. The number of rotatable bonds is 5. The molecular formula is C25H19N3O2S. The van der Waals surface area contributed by atoms with E-state index in [4.69, 9.17) is 5.26 Å². The van der Waals surface area contributed by atoms with Gasteiger partial charge in [0.2, 0.25) is 0 Å². The van der Waals surface area contributed by atoms with E-state index in [-0.39, 0.29) is 17.1 Å². The zero-order chi connectivity index (χ0) is 22.0. The number of nitriles is 1. The fraction of sp³-hybridized carbons (Fsp3) is 0.120. The first-order valence-corrected chi connectivity index (χ1v) is 10.7. The Labute approximate surface area is 184 Å². The second-order valence-corrected chi connectivity index (χ2v) is 8.18. The van der Waals surface area contributed by atoms with Crippen molar-refractivity contribution in [1.82, 2.24) is 9.55 Å². The lowest BCUT2D eigenvalue weighted by atomic mass is 10.0. The van der Waals surface area contributed by atoms with Crippen molar-refractivity contribution in [1.29, 1.82) is 5.26 Å². The number of carbonyl (C=O) groups excluding carboxylic acids is 1. The van der Waals surface area contributed by atoms with Gasteiger partial charge in [0, 0.05) is 5.56 Å². The highest BCUT2D eigenvalue weighted by atomic mass is 32.2. The molecule has 0 amide bonds. The summed E-state index contributed by atoms with van der Waals surface area (Å²) >= 11 is 1.24. The predicted octanol–water partition coefficient (Wildman–Crippen LogP) is 4.85. The highest BCUT2D eigenvalue weighted by molar-refractivity contribution is 7.99. The van der Waals surface area contributed by atoms with Gasteiger partial charge in [-0.1, -0.05) is 41.6 Å². The van der Waals surface area contributed by atoms with Crippen LogP contribution in [0.15, 0.2) is 76.7 Å². The molecule has 4 rings (SSSR count). The van der Waals surface area contributed by atoms with Crippen molar-refractivity contribution in [2.75, 3.05) is 5.75 Å². The van der Waals surface area contributed by atoms with Gasteiger partial charge < -0.3 is 0 Å². The van der Waals surface area contributed by atoms with Crippen LogP contribution in [0.5, 0.6) is 0 Å². The summed E-state index contributed by atoms with van der Waals surface area (Å²) in [4.78, 5) is 30.8. The van der Waals surface area contributed by atoms with Crippen LogP contribution in [0.2, 0.25) is 0 Å². The fourth-order valence-electron chi connectivity index (χ4n) is 3.37. The number of benzene rings is 3. The number of para-hydroxylation sites is 1. The lowest BCUT2D eigenvalue weighted by Gasteiger charge is -2.13.